The number of aliphatic hydroxyl groups is 1. The van der Waals surface area contributed by atoms with Crippen LogP contribution in [-0.2, 0) is 6.54 Å². The molecule has 0 bridgehead atoms. The minimum absolute atomic E-state index is 0.173. The number of carbonyl (C=O) groups is 1. The lowest BCUT2D eigenvalue weighted by molar-refractivity contribution is 0.0922. The molecule has 2 heterocycles. The number of thiophene rings is 1. The lowest BCUT2D eigenvalue weighted by Crippen LogP contribution is -2.22. The average molecular weight is 275 g/mol. The van der Waals surface area contributed by atoms with Crippen molar-refractivity contribution >= 4 is 17.2 Å². The van der Waals surface area contributed by atoms with E-state index >= 15 is 0 Å². The SMILES string of the molecule is Cc1ccc(C(=O)NCc2sccc2C#CCO)o1. The fourth-order valence-corrected chi connectivity index (χ4v) is 2.30. The molecule has 98 valence electrons. The van der Waals surface area contributed by atoms with E-state index in [1.807, 2.05) is 11.4 Å². The molecule has 0 saturated heterocycles. The summed E-state index contributed by atoms with van der Waals surface area (Å²) in [6.45, 7) is 2.01. The number of carbonyl (C=O) groups excluding carboxylic acids is 1. The Balaban J connectivity index is 1.99. The molecule has 0 aliphatic heterocycles. The summed E-state index contributed by atoms with van der Waals surface area (Å²) in [5.74, 6) is 6.20. The normalized spacial score (nSPS) is 9.79. The Labute approximate surface area is 115 Å². The van der Waals surface area contributed by atoms with Gasteiger partial charge in [0.05, 0.1) is 6.54 Å². The van der Waals surface area contributed by atoms with E-state index in [9.17, 15) is 4.79 Å². The van der Waals surface area contributed by atoms with Crippen molar-refractivity contribution in [3.05, 3.63) is 45.5 Å². The number of amides is 1. The van der Waals surface area contributed by atoms with Gasteiger partial charge in [0.1, 0.15) is 12.4 Å². The van der Waals surface area contributed by atoms with Crippen LogP contribution >= 0.6 is 11.3 Å². The van der Waals surface area contributed by atoms with Crippen LogP contribution in [0.2, 0.25) is 0 Å². The highest BCUT2D eigenvalue weighted by molar-refractivity contribution is 7.10. The first kappa shape index (κ1) is 13.4. The van der Waals surface area contributed by atoms with Crippen molar-refractivity contribution in [1.29, 1.82) is 0 Å². The van der Waals surface area contributed by atoms with Gasteiger partial charge >= 0.3 is 0 Å². The van der Waals surface area contributed by atoms with Gasteiger partial charge in [-0.15, -0.1) is 11.3 Å². The zero-order valence-corrected chi connectivity index (χ0v) is 11.2. The Bertz CT molecular complexity index is 630. The highest BCUT2D eigenvalue weighted by atomic mass is 32.1. The molecule has 2 aromatic heterocycles. The number of aryl methyl sites for hydroxylation is 1. The maximum atomic E-state index is 11.8. The summed E-state index contributed by atoms with van der Waals surface area (Å²) < 4.78 is 5.24. The van der Waals surface area contributed by atoms with Crippen LogP contribution in [0.4, 0.5) is 0 Å². The van der Waals surface area contributed by atoms with E-state index in [0.717, 1.165) is 10.4 Å². The predicted octanol–water partition coefficient (Wildman–Crippen LogP) is 1.92. The molecule has 0 fully saturated rings. The Hall–Kier alpha value is -2.03. The van der Waals surface area contributed by atoms with E-state index in [-0.39, 0.29) is 12.5 Å². The zero-order valence-electron chi connectivity index (χ0n) is 10.4. The molecule has 2 N–H and O–H groups in total. The van der Waals surface area contributed by atoms with Gasteiger partial charge in [-0.3, -0.25) is 4.79 Å². The van der Waals surface area contributed by atoms with E-state index in [2.05, 4.69) is 17.2 Å². The molecule has 0 aromatic carbocycles. The van der Waals surface area contributed by atoms with Crippen LogP contribution in [-0.4, -0.2) is 17.6 Å². The number of nitrogens with one attached hydrogen (secondary N) is 1. The van der Waals surface area contributed by atoms with Crippen molar-refractivity contribution in [2.24, 2.45) is 0 Å². The summed E-state index contributed by atoms with van der Waals surface area (Å²) in [4.78, 5) is 12.8. The highest BCUT2D eigenvalue weighted by Crippen LogP contribution is 2.16. The third-order valence-corrected chi connectivity index (χ3v) is 3.34. The van der Waals surface area contributed by atoms with Crippen molar-refractivity contribution in [2.75, 3.05) is 6.61 Å². The van der Waals surface area contributed by atoms with Gasteiger partial charge in [-0.05, 0) is 30.5 Å². The predicted molar refractivity (Wildman–Crippen MR) is 72.9 cm³/mol. The standard InChI is InChI=1S/C14H13NO3S/c1-10-4-5-12(18-10)14(17)15-9-13-11(3-2-7-16)6-8-19-13/h4-6,8,16H,7,9H2,1H3,(H,15,17). The van der Waals surface area contributed by atoms with Gasteiger partial charge in [0.2, 0.25) is 0 Å². The van der Waals surface area contributed by atoms with Crippen LogP contribution in [0.5, 0.6) is 0 Å². The van der Waals surface area contributed by atoms with Crippen molar-refractivity contribution in [2.45, 2.75) is 13.5 Å². The molecule has 0 aliphatic rings. The van der Waals surface area contributed by atoms with Gasteiger partial charge in [-0.2, -0.15) is 0 Å². The molecular formula is C14H13NO3S. The van der Waals surface area contributed by atoms with Crippen LogP contribution in [0.3, 0.4) is 0 Å². The number of hydrogen-bond donors (Lipinski definition) is 2. The quantitative estimate of drug-likeness (QED) is 0.841. The molecule has 0 unspecified atom stereocenters. The van der Waals surface area contributed by atoms with E-state index in [0.29, 0.717) is 18.1 Å². The third-order valence-electron chi connectivity index (χ3n) is 2.42. The van der Waals surface area contributed by atoms with E-state index in [1.54, 1.807) is 19.1 Å². The number of aliphatic hydroxyl groups excluding tert-OH is 1. The van der Waals surface area contributed by atoms with Gasteiger partial charge in [-0.1, -0.05) is 11.8 Å². The molecule has 0 aliphatic carbocycles. The fraction of sp³-hybridized carbons (Fsp3) is 0.214. The highest BCUT2D eigenvalue weighted by Gasteiger charge is 2.10. The number of hydrogen-bond acceptors (Lipinski definition) is 4. The second kappa shape index (κ2) is 6.23. The number of rotatable bonds is 3. The summed E-state index contributed by atoms with van der Waals surface area (Å²) >= 11 is 1.51. The topological polar surface area (TPSA) is 62.5 Å². The summed E-state index contributed by atoms with van der Waals surface area (Å²) in [5.41, 5.74) is 0.829. The zero-order chi connectivity index (χ0) is 13.7. The Kier molecular flexibility index (Phi) is 4.39. The molecule has 5 heteroatoms. The van der Waals surface area contributed by atoms with E-state index in [1.165, 1.54) is 11.3 Å². The maximum absolute atomic E-state index is 11.8. The van der Waals surface area contributed by atoms with E-state index in [4.69, 9.17) is 9.52 Å². The summed E-state index contributed by atoms with van der Waals surface area (Å²) in [6.07, 6.45) is 0. The molecule has 2 rings (SSSR count). The second-order valence-corrected chi connectivity index (χ2v) is 4.81. The smallest absolute Gasteiger partial charge is 0.287 e. The van der Waals surface area contributed by atoms with Crippen molar-refractivity contribution in [3.63, 3.8) is 0 Å². The van der Waals surface area contributed by atoms with Crippen LogP contribution in [0.15, 0.2) is 28.0 Å². The van der Waals surface area contributed by atoms with Crippen molar-refractivity contribution in [3.8, 4) is 11.8 Å². The minimum Gasteiger partial charge on any atom is -0.456 e. The molecule has 2 aromatic rings. The van der Waals surface area contributed by atoms with Gasteiger partial charge in [-0.25, -0.2) is 0 Å². The first-order chi connectivity index (χ1) is 9.20. The molecule has 0 spiro atoms. The minimum atomic E-state index is -0.248. The van der Waals surface area contributed by atoms with Crippen LogP contribution in [0.1, 0.15) is 26.8 Å². The molecule has 0 radical (unpaired) electrons. The Morgan fingerprint density at radius 2 is 2.32 bits per heavy atom. The third kappa shape index (κ3) is 3.47. The van der Waals surface area contributed by atoms with Crippen LogP contribution in [0, 0.1) is 18.8 Å². The lowest BCUT2D eigenvalue weighted by atomic mass is 10.2. The van der Waals surface area contributed by atoms with E-state index < -0.39 is 0 Å². The average Bonchev–Trinajstić information content (AvgIpc) is 3.02. The molecule has 19 heavy (non-hydrogen) atoms. The monoisotopic (exact) mass is 275 g/mol. The molecule has 0 saturated carbocycles. The van der Waals surface area contributed by atoms with Crippen LogP contribution < -0.4 is 5.32 Å². The van der Waals surface area contributed by atoms with Gasteiger partial charge in [0.25, 0.3) is 5.91 Å². The van der Waals surface area contributed by atoms with Crippen molar-refractivity contribution < 1.29 is 14.3 Å². The second-order valence-electron chi connectivity index (χ2n) is 3.81. The van der Waals surface area contributed by atoms with Gasteiger partial charge < -0.3 is 14.8 Å². The first-order valence-corrected chi connectivity index (χ1v) is 6.59. The Morgan fingerprint density at radius 3 is 3.00 bits per heavy atom. The summed E-state index contributed by atoms with van der Waals surface area (Å²) in [6, 6.07) is 5.26. The van der Waals surface area contributed by atoms with Gasteiger partial charge in [0, 0.05) is 10.4 Å². The van der Waals surface area contributed by atoms with Gasteiger partial charge in [0.15, 0.2) is 5.76 Å². The largest absolute Gasteiger partial charge is 0.456 e. The summed E-state index contributed by atoms with van der Waals surface area (Å²) in [7, 11) is 0. The fourth-order valence-electron chi connectivity index (χ4n) is 1.53. The van der Waals surface area contributed by atoms with Crippen LogP contribution in [0.25, 0.3) is 0 Å². The lowest BCUT2D eigenvalue weighted by Gasteiger charge is -2.01. The molecular weight excluding hydrogens is 262 g/mol. The summed E-state index contributed by atoms with van der Waals surface area (Å²) in [5, 5.41) is 13.4. The van der Waals surface area contributed by atoms with Crippen molar-refractivity contribution in [1.82, 2.24) is 5.32 Å². The number of furan rings is 1. The molecule has 1 amide bonds. The molecule has 4 nitrogen and oxygen atoms in total. The first-order valence-electron chi connectivity index (χ1n) is 5.71. The molecule has 0 atom stereocenters. The Morgan fingerprint density at radius 1 is 1.47 bits per heavy atom. The maximum Gasteiger partial charge on any atom is 0.287 e.